The number of allylic oxidation sites excluding steroid dienone is 1. The quantitative estimate of drug-likeness (QED) is 0.867. The molecule has 4 rings (SSSR count). The highest BCUT2D eigenvalue weighted by atomic mass is 16.5. The molecule has 7 nitrogen and oxygen atoms in total. The van der Waals surface area contributed by atoms with Gasteiger partial charge in [0.2, 0.25) is 5.91 Å². The lowest BCUT2D eigenvalue weighted by Crippen LogP contribution is -2.36. The van der Waals surface area contributed by atoms with Gasteiger partial charge < -0.3 is 15.0 Å². The van der Waals surface area contributed by atoms with E-state index in [1.165, 1.54) is 0 Å². The standard InChI is InChI=1S/C18H18N4O3/c1-3-4-22-9-11(8-19-22)12-6-17(23)20-14-7-15-16(5-13(12)14)25-10-18(24)21(15)2/h3,5,7-9,12H,1,4,6,10H2,2H3,(H,20,23)/t12-/m0/s1. The fourth-order valence-corrected chi connectivity index (χ4v) is 3.31. The molecule has 128 valence electrons. The highest BCUT2D eigenvalue weighted by Crippen LogP contribution is 2.44. The lowest BCUT2D eigenvalue weighted by Gasteiger charge is -2.31. The predicted octanol–water partition coefficient (Wildman–Crippen LogP) is 1.90. The van der Waals surface area contributed by atoms with Crippen molar-refractivity contribution >= 4 is 23.2 Å². The molecule has 1 N–H and O–H groups in total. The zero-order valence-electron chi connectivity index (χ0n) is 13.9. The minimum atomic E-state index is -0.114. The monoisotopic (exact) mass is 338 g/mol. The number of amides is 2. The second-order valence-corrected chi connectivity index (χ2v) is 6.24. The van der Waals surface area contributed by atoms with Crippen molar-refractivity contribution in [3.63, 3.8) is 0 Å². The van der Waals surface area contributed by atoms with E-state index in [2.05, 4.69) is 17.0 Å². The molecule has 0 fully saturated rings. The van der Waals surface area contributed by atoms with E-state index >= 15 is 0 Å². The van der Waals surface area contributed by atoms with Crippen LogP contribution in [0.5, 0.6) is 5.75 Å². The van der Waals surface area contributed by atoms with E-state index in [0.717, 1.165) is 11.1 Å². The van der Waals surface area contributed by atoms with Gasteiger partial charge in [-0.05, 0) is 23.3 Å². The molecule has 0 bridgehead atoms. The Morgan fingerprint density at radius 2 is 2.28 bits per heavy atom. The summed E-state index contributed by atoms with van der Waals surface area (Å²) in [6.07, 6.45) is 5.84. The number of ether oxygens (including phenoxy) is 1. The summed E-state index contributed by atoms with van der Waals surface area (Å²) < 4.78 is 7.38. The van der Waals surface area contributed by atoms with Crippen LogP contribution >= 0.6 is 0 Å². The summed E-state index contributed by atoms with van der Waals surface area (Å²) in [5.41, 5.74) is 3.32. The minimum absolute atomic E-state index is 0.0244. The van der Waals surface area contributed by atoms with E-state index in [4.69, 9.17) is 4.74 Å². The van der Waals surface area contributed by atoms with Crippen LogP contribution in [0.15, 0.2) is 37.2 Å². The number of hydrogen-bond acceptors (Lipinski definition) is 4. The van der Waals surface area contributed by atoms with E-state index in [1.807, 2.05) is 12.3 Å². The topological polar surface area (TPSA) is 76.5 Å². The number of nitrogens with one attached hydrogen (secondary N) is 1. The van der Waals surface area contributed by atoms with Crippen molar-refractivity contribution in [2.75, 3.05) is 23.9 Å². The van der Waals surface area contributed by atoms with Gasteiger partial charge >= 0.3 is 0 Å². The highest BCUT2D eigenvalue weighted by Gasteiger charge is 2.31. The Morgan fingerprint density at radius 1 is 1.44 bits per heavy atom. The molecule has 0 saturated carbocycles. The molecule has 7 heteroatoms. The van der Waals surface area contributed by atoms with Crippen molar-refractivity contribution in [3.8, 4) is 5.75 Å². The largest absolute Gasteiger partial charge is 0.482 e. The minimum Gasteiger partial charge on any atom is -0.482 e. The van der Waals surface area contributed by atoms with Crippen LogP contribution in [0.1, 0.15) is 23.5 Å². The maximum absolute atomic E-state index is 12.2. The molecule has 0 saturated heterocycles. The zero-order chi connectivity index (χ0) is 17.6. The van der Waals surface area contributed by atoms with Crippen molar-refractivity contribution < 1.29 is 14.3 Å². The third-order valence-electron chi connectivity index (χ3n) is 4.63. The van der Waals surface area contributed by atoms with Crippen LogP contribution in [0.4, 0.5) is 11.4 Å². The number of carbonyl (C=O) groups excluding carboxylic acids is 2. The van der Waals surface area contributed by atoms with Crippen LogP contribution in [0, 0.1) is 0 Å². The molecule has 0 spiro atoms. The molecule has 1 aromatic carbocycles. The summed E-state index contributed by atoms with van der Waals surface area (Å²) >= 11 is 0. The molecule has 0 radical (unpaired) electrons. The Kier molecular flexibility index (Phi) is 3.56. The number of anilines is 2. The van der Waals surface area contributed by atoms with Gasteiger partial charge in [-0.3, -0.25) is 14.3 Å². The van der Waals surface area contributed by atoms with Gasteiger partial charge in [0, 0.05) is 31.3 Å². The smallest absolute Gasteiger partial charge is 0.264 e. The Labute approximate surface area is 144 Å². The van der Waals surface area contributed by atoms with Crippen molar-refractivity contribution in [1.29, 1.82) is 0 Å². The van der Waals surface area contributed by atoms with E-state index in [0.29, 0.717) is 30.1 Å². The number of likely N-dealkylation sites (N-methyl/N-ethyl adjacent to an activating group) is 1. The van der Waals surface area contributed by atoms with Crippen molar-refractivity contribution in [2.24, 2.45) is 0 Å². The number of nitrogens with zero attached hydrogens (tertiary/aromatic N) is 3. The summed E-state index contributed by atoms with van der Waals surface area (Å²) in [4.78, 5) is 25.6. The van der Waals surface area contributed by atoms with Gasteiger partial charge in [-0.2, -0.15) is 5.10 Å². The number of hydrogen-bond donors (Lipinski definition) is 1. The number of rotatable bonds is 3. The summed E-state index contributed by atoms with van der Waals surface area (Å²) in [5.74, 6) is 0.385. The van der Waals surface area contributed by atoms with Gasteiger partial charge in [0.25, 0.3) is 5.91 Å². The lowest BCUT2D eigenvalue weighted by atomic mass is 9.86. The number of aromatic nitrogens is 2. The molecule has 1 aromatic heterocycles. The summed E-state index contributed by atoms with van der Waals surface area (Å²) in [6, 6.07) is 3.72. The number of fused-ring (bicyclic) bond motifs is 2. The van der Waals surface area contributed by atoms with Gasteiger partial charge in [-0.25, -0.2) is 0 Å². The molecule has 2 aromatic rings. The highest BCUT2D eigenvalue weighted by molar-refractivity contribution is 6.01. The Bertz CT molecular complexity index is 886. The van der Waals surface area contributed by atoms with Crippen LogP contribution in [-0.2, 0) is 16.1 Å². The fourth-order valence-electron chi connectivity index (χ4n) is 3.31. The normalized spacial score (nSPS) is 18.9. The molecule has 2 aliphatic rings. The van der Waals surface area contributed by atoms with E-state index < -0.39 is 0 Å². The summed E-state index contributed by atoms with van der Waals surface area (Å²) in [7, 11) is 1.71. The summed E-state index contributed by atoms with van der Waals surface area (Å²) in [5, 5.41) is 7.22. The van der Waals surface area contributed by atoms with Gasteiger partial charge in [0.05, 0.1) is 18.4 Å². The van der Waals surface area contributed by atoms with E-state index in [1.54, 1.807) is 35.0 Å². The van der Waals surface area contributed by atoms with Gasteiger partial charge in [-0.15, -0.1) is 6.58 Å². The molecule has 2 amide bonds. The van der Waals surface area contributed by atoms with Crippen LogP contribution < -0.4 is 15.0 Å². The van der Waals surface area contributed by atoms with Gasteiger partial charge in [0.15, 0.2) is 6.61 Å². The van der Waals surface area contributed by atoms with Crippen LogP contribution in [0.25, 0.3) is 0 Å². The average molecular weight is 338 g/mol. The first kappa shape index (κ1) is 15.4. The predicted molar refractivity (Wildman–Crippen MR) is 92.9 cm³/mol. The fraction of sp³-hybridized carbons (Fsp3) is 0.278. The lowest BCUT2D eigenvalue weighted by molar-refractivity contribution is -0.121. The Morgan fingerprint density at radius 3 is 3.08 bits per heavy atom. The second kappa shape index (κ2) is 5.77. The maximum Gasteiger partial charge on any atom is 0.264 e. The van der Waals surface area contributed by atoms with Crippen molar-refractivity contribution in [3.05, 3.63) is 48.3 Å². The summed E-state index contributed by atoms with van der Waals surface area (Å²) in [6.45, 7) is 4.35. The van der Waals surface area contributed by atoms with Crippen LogP contribution in [-0.4, -0.2) is 35.2 Å². The van der Waals surface area contributed by atoms with Crippen molar-refractivity contribution in [2.45, 2.75) is 18.9 Å². The number of carbonyl (C=O) groups is 2. The third kappa shape index (κ3) is 2.57. The van der Waals surface area contributed by atoms with E-state index in [9.17, 15) is 9.59 Å². The van der Waals surface area contributed by atoms with Crippen LogP contribution in [0.3, 0.4) is 0 Å². The van der Waals surface area contributed by atoms with Gasteiger partial charge in [0.1, 0.15) is 5.75 Å². The first-order valence-corrected chi connectivity index (χ1v) is 8.07. The molecule has 0 aliphatic carbocycles. The molecule has 0 unspecified atom stereocenters. The second-order valence-electron chi connectivity index (χ2n) is 6.24. The SMILES string of the molecule is C=CCn1cc([C@@H]2CC(=O)Nc3cc4c(cc32)OCC(=O)N4C)cn1. The third-order valence-corrected chi connectivity index (χ3v) is 4.63. The first-order valence-electron chi connectivity index (χ1n) is 8.07. The molecule has 1 atom stereocenters. The Balaban J connectivity index is 1.78. The molecule has 2 aliphatic heterocycles. The van der Waals surface area contributed by atoms with Crippen molar-refractivity contribution in [1.82, 2.24) is 9.78 Å². The first-order chi connectivity index (χ1) is 12.1. The Hall–Kier alpha value is -3.09. The maximum atomic E-state index is 12.2. The van der Waals surface area contributed by atoms with E-state index in [-0.39, 0.29) is 24.3 Å². The zero-order valence-corrected chi connectivity index (χ0v) is 13.9. The van der Waals surface area contributed by atoms with Crippen LogP contribution in [0.2, 0.25) is 0 Å². The molecule has 25 heavy (non-hydrogen) atoms. The average Bonchev–Trinajstić information content (AvgIpc) is 3.05. The molecular weight excluding hydrogens is 320 g/mol. The molecular formula is C18H18N4O3. The molecule has 3 heterocycles. The van der Waals surface area contributed by atoms with Gasteiger partial charge in [-0.1, -0.05) is 6.08 Å². The number of benzene rings is 1.